The fourth-order valence-corrected chi connectivity index (χ4v) is 2.03. The van der Waals surface area contributed by atoms with Gasteiger partial charge in [0.15, 0.2) is 0 Å². The summed E-state index contributed by atoms with van der Waals surface area (Å²) in [6.07, 6.45) is 4.86. The number of likely N-dealkylation sites (N-methyl/N-ethyl adjacent to an activating group) is 1. The number of imide groups is 1. The van der Waals surface area contributed by atoms with Gasteiger partial charge >= 0.3 is 0 Å². The molecule has 5 heteroatoms. The smallest absolute Gasteiger partial charge is 0.248 e. The molecule has 1 saturated carbocycles. The summed E-state index contributed by atoms with van der Waals surface area (Å²) in [5.74, 6) is -0.342. The van der Waals surface area contributed by atoms with Crippen LogP contribution in [-0.2, 0) is 14.4 Å². The molecular weight excluding hydrogens is 196 g/mol. The molecule has 2 fully saturated rings. The highest BCUT2D eigenvalue weighted by atomic mass is 16.7. The fraction of sp³-hybridized carbons (Fsp3) is 0.800. The Morgan fingerprint density at radius 1 is 1.33 bits per heavy atom. The average molecular weight is 212 g/mol. The van der Waals surface area contributed by atoms with Crippen molar-refractivity contribution in [3.63, 3.8) is 0 Å². The minimum Gasteiger partial charge on any atom is -0.298 e. The largest absolute Gasteiger partial charge is 0.298 e. The van der Waals surface area contributed by atoms with Crippen LogP contribution < -0.4 is 5.48 Å². The lowest BCUT2D eigenvalue weighted by Gasteiger charge is -2.15. The van der Waals surface area contributed by atoms with Crippen LogP contribution in [0.25, 0.3) is 0 Å². The van der Waals surface area contributed by atoms with Gasteiger partial charge in [-0.15, -0.1) is 0 Å². The van der Waals surface area contributed by atoms with E-state index < -0.39 is 6.04 Å². The van der Waals surface area contributed by atoms with Crippen molar-refractivity contribution in [1.29, 1.82) is 0 Å². The predicted molar refractivity (Wildman–Crippen MR) is 52.7 cm³/mol. The summed E-state index contributed by atoms with van der Waals surface area (Å²) in [7, 11) is 1.50. The number of nitrogens with one attached hydrogen (secondary N) is 1. The van der Waals surface area contributed by atoms with Crippen LogP contribution >= 0.6 is 0 Å². The highest BCUT2D eigenvalue weighted by Crippen LogP contribution is 2.20. The van der Waals surface area contributed by atoms with Gasteiger partial charge in [-0.25, -0.2) is 0 Å². The molecule has 0 radical (unpaired) electrons. The third-order valence-corrected chi connectivity index (χ3v) is 3.06. The first-order valence-corrected chi connectivity index (χ1v) is 5.40. The van der Waals surface area contributed by atoms with Gasteiger partial charge in [-0.1, -0.05) is 12.8 Å². The van der Waals surface area contributed by atoms with Crippen molar-refractivity contribution in [3.05, 3.63) is 0 Å². The Morgan fingerprint density at radius 3 is 2.53 bits per heavy atom. The first kappa shape index (κ1) is 10.6. The second-order valence-electron chi connectivity index (χ2n) is 4.19. The molecule has 1 heterocycles. The van der Waals surface area contributed by atoms with Crippen molar-refractivity contribution >= 4 is 11.8 Å². The van der Waals surface area contributed by atoms with Crippen molar-refractivity contribution in [2.75, 3.05) is 7.05 Å². The second kappa shape index (κ2) is 4.28. The van der Waals surface area contributed by atoms with E-state index in [0.29, 0.717) is 0 Å². The van der Waals surface area contributed by atoms with Crippen LogP contribution in [0, 0.1) is 0 Å². The zero-order valence-corrected chi connectivity index (χ0v) is 8.86. The molecule has 2 rings (SSSR count). The Labute approximate surface area is 88.7 Å². The van der Waals surface area contributed by atoms with E-state index in [1.54, 1.807) is 0 Å². The summed E-state index contributed by atoms with van der Waals surface area (Å²) in [5.41, 5.74) is 2.72. The van der Waals surface area contributed by atoms with E-state index in [1.165, 1.54) is 19.9 Å². The maximum atomic E-state index is 11.5. The molecule has 2 aliphatic rings. The summed E-state index contributed by atoms with van der Waals surface area (Å²) in [5, 5.41) is 0. The normalized spacial score (nSPS) is 28.1. The van der Waals surface area contributed by atoms with Crippen LogP contribution in [0.5, 0.6) is 0 Å². The molecule has 84 valence electrons. The Bertz CT molecular complexity index is 274. The molecule has 0 bridgehead atoms. The van der Waals surface area contributed by atoms with Gasteiger partial charge in [-0.05, 0) is 12.8 Å². The van der Waals surface area contributed by atoms with Gasteiger partial charge in [-0.3, -0.25) is 19.3 Å². The molecule has 1 N–H and O–H groups in total. The molecular formula is C10H16N2O3. The van der Waals surface area contributed by atoms with Crippen molar-refractivity contribution < 1.29 is 14.4 Å². The van der Waals surface area contributed by atoms with Gasteiger partial charge in [0.05, 0.1) is 12.5 Å². The Hall–Kier alpha value is -0.940. The van der Waals surface area contributed by atoms with E-state index in [1.807, 2.05) is 0 Å². The lowest BCUT2D eigenvalue weighted by molar-refractivity contribution is -0.138. The zero-order chi connectivity index (χ0) is 10.8. The molecule has 0 aromatic heterocycles. The topological polar surface area (TPSA) is 58.6 Å². The third-order valence-electron chi connectivity index (χ3n) is 3.06. The lowest BCUT2D eigenvalue weighted by Crippen LogP contribution is -2.38. The third kappa shape index (κ3) is 2.18. The summed E-state index contributed by atoms with van der Waals surface area (Å²) in [6, 6.07) is -0.483. The molecule has 1 unspecified atom stereocenters. The number of hydrogen-bond donors (Lipinski definition) is 1. The number of amides is 2. The highest BCUT2D eigenvalue weighted by molar-refractivity contribution is 6.05. The van der Waals surface area contributed by atoms with E-state index in [9.17, 15) is 9.59 Å². The number of likely N-dealkylation sites (tertiary alicyclic amines) is 1. The summed E-state index contributed by atoms with van der Waals surface area (Å²) >= 11 is 0. The van der Waals surface area contributed by atoms with Gasteiger partial charge in [0, 0.05) is 7.05 Å². The van der Waals surface area contributed by atoms with E-state index in [4.69, 9.17) is 4.84 Å². The summed E-state index contributed by atoms with van der Waals surface area (Å²) in [6.45, 7) is 0. The number of hydroxylamine groups is 1. The Balaban J connectivity index is 1.80. The van der Waals surface area contributed by atoms with Gasteiger partial charge in [-0.2, -0.15) is 5.48 Å². The van der Waals surface area contributed by atoms with E-state index in [0.717, 1.165) is 17.7 Å². The first-order chi connectivity index (χ1) is 7.18. The van der Waals surface area contributed by atoms with Crippen LogP contribution in [0.2, 0.25) is 0 Å². The number of rotatable bonds is 3. The number of hydrogen-bond acceptors (Lipinski definition) is 4. The van der Waals surface area contributed by atoms with Crippen molar-refractivity contribution in [2.24, 2.45) is 0 Å². The fourth-order valence-electron chi connectivity index (χ4n) is 2.03. The Morgan fingerprint density at radius 2 is 2.00 bits per heavy atom. The van der Waals surface area contributed by atoms with Crippen molar-refractivity contribution in [3.8, 4) is 0 Å². The SMILES string of the molecule is CN1C(=O)CC(NOC2CCCC2)C1=O. The molecule has 15 heavy (non-hydrogen) atoms. The molecule has 2 amide bonds. The van der Waals surface area contributed by atoms with Crippen LogP contribution in [-0.4, -0.2) is 35.9 Å². The monoisotopic (exact) mass is 212 g/mol. The first-order valence-electron chi connectivity index (χ1n) is 5.40. The summed E-state index contributed by atoms with van der Waals surface area (Å²) < 4.78 is 0. The summed E-state index contributed by atoms with van der Waals surface area (Å²) in [4.78, 5) is 29.2. The van der Waals surface area contributed by atoms with Gasteiger partial charge in [0.25, 0.3) is 0 Å². The zero-order valence-electron chi connectivity index (χ0n) is 8.86. The van der Waals surface area contributed by atoms with Crippen LogP contribution in [0.1, 0.15) is 32.1 Å². The highest BCUT2D eigenvalue weighted by Gasteiger charge is 2.36. The molecule has 0 aromatic rings. The van der Waals surface area contributed by atoms with Crippen LogP contribution in [0.15, 0.2) is 0 Å². The van der Waals surface area contributed by atoms with E-state index in [2.05, 4.69) is 5.48 Å². The maximum absolute atomic E-state index is 11.5. The second-order valence-corrected chi connectivity index (χ2v) is 4.19. The number of carbonyl (C=O) groups is 2. The molecule has 1 atom stereocenters. The standard InChI is InChI=1S/C10H16N2O3/c1-12-9(13)6-8(10(12)14)11-15-7-4-2-3-5-7/h7-8,11H,2-6H2,1H3. The Kier molecular flexibility index (Phi) is 3.02. The van der Waals surface area contributed by atoms with Gasteiger partial charge in [0.1, 0.15) is 6.04 Å². The van der Waals surface area contributed by atoms with Crippen molar-refractivity contribution in [2.45, 2.75) is 44.2 Å². The molecule has 1 saturated heterocycles. The minimum atomic E-state index is -0.483. The molecule has 5 nitrogen and oxygen atoms in total. The van der Waals surface area contributed by atoms with E-state index in [-0.39, 0.29) is 24.3 Å². The van der Waals surface area contributed by atoms with Gasteiger partial charge < -0.3 is 0 Å². The van der Waals surface area contributed by atoms with Crippen LogP contribution in [0.4, 0.5) is 0 Å². The molecule has 1 aliphatic carbocycles. The number of nitrogens with zero attached hydrogens (tertiary/aromatic N) is 1. The lowest BCUT2D eigenvalue weighted by atomic mass is 10.3. The van der Waals surface area contributed by atoms with Crippen LogP contribution in [0.3, 0.4) is 0 Å². The quantitative estimate of drug-likeness (QED) is 0.536. The molecule has 0 spiro atoms. The predicted octanol–water partition coefficient (Wildman–Crippen LogP) is 0.207. The van der Waals surface area contributed by atoms with Crippen molar-refractivity contribution in [1.82, 2.24) is 10.4 Å². The maximum Gasteiger partial charge on any atom is 0.248 e. The minimum absolute atomic E-state index is 0.146. The van der Waals surface area contributed by atoms with Gasteiger partial charge in [0.2, 0.25) is 11.8 Å². The average Bonchev–Trinajstić information content (AvgIpc) is 2.80. The molecule has 0 aromatic carbocycles. The number of carbonyl (C=O) groups excluding carboxylic acids is 2. The van der Waals surface area contributed by atoms with E-state index >= 15 is 0 Å². The molecule has 1 aliphatic heterocycles.